The molecular weight excluding hydrogens is 420 g/mol. The fourth-order valence-electron chi connectivity index (χ4n) is 2.51. The lowest BCUT2D eigenvalue weighted by Gasteiger charge is -2.05. The Labute approximate surface area is 168 Å². The van der Waals surface area contributed by atoms with E-state index in [9.17, 15) is 18.5 Å². The number of thiazole rings is 1. The van der Waals surface area contributed by atoms with Gasteiger partial charge in [0.05, 0.1) is 27.1 Å². The van der Waals surface area contributed by atoms with Crippen molar-refractivity contribution in [3.05, 3.63) is 63.7 Å². The van der Waals surface area contributed by atoms with E-state index in [1.54, 1.807) is 5.38 Å². The second-order valence-corrected chi connectivity index (χ2v) is 8.29. The maximum Gasteiger partial charge on any atom is 0.282 e. The molecule has 0 saturated heterocycles. The summed E-state index contributed by atoms with van der Waals surface area (Å²) in [6, 6.07) is 8.51. The third-order valence-corrected chi connectivity index (χ3v) is 6.04. The van der Waals surface area contributed by atoms with Crippen molar-refractivity contribution >= 4 is 44.1 Å². The van der Waals surface area contributed by atoms with E-state index in [1.165, 1.54) is 60.1 Å². The number of rotatable bonds is 6. The summed E-state index contributed by atoms with van der Waals surface area (Å²) < 4.78 is 37.4. The van der Waals surface area contributed by atoms with E-state index in [1.807, 2.05) is 0 Å². The first-order chi connectivity index (χ1) is 13.9. The monoisotopic (exact) mass is 432 g/mol. The molecule has 0 amide bonds. The number of aromatic nitrogens is 1. The SMILES string of the molecule is O=[N+]([O-])c1cc2c(cc1C=Nc1ccc(S(=O)(=O)Nc3nccs3)cc1)OCO2. The zero-order valence-corrected chi connectivity index (χ0v) is 16.1. The molecule has 0 radical (unpaired) electrons. The van der Waals surface area contributed by atoms with Crippen LogP contribution < -0.4 is 14.2 Å². The van der Waals surface area contributed by atoms with E-state index in [4.69, 9.17) is 9.47 Å². The van der Waals surface area contributed by atoms with Gasteiger partial charge in [0.1, 0.15) is 0 Å². The predicted octanol–water partition coefficient (Wildman–Crippen LogP) is 3.33. The number of sulfonamides is 1. The summed E-state index contributed by atoms with van der Waals surface area (Å²) >= 11 is 1.17. The van der Waals surface area contributed by atoms with Gasteiger partial charge in [-0.05, 0) is 30.3 Å². The number of nitrogens with one attached hydrogen (secondary N) is 1. The molecule has 0 bridgehead atoms. The molecule has 0 atom stereocenters. The predicted molar refractivity (Wildman–Crippen MR) is 106 cm³/mol. The average molecular weight is 432 g/mol. The van der Waals surface area contributed by atoms with E-state index in [-0.39, 0.29) is 28.1 Å². The number of nitrogens with zero attached hydrogens (tertiary/aromatic N) is 3. The molecule has 0 spiro atoms. The summed E-state index contributed by atoms with van der Waals surface area (Å²) in [5.41, 5.74) is 0.483. The van der Waals surface area contributed by atoms with Crippen molar-refractivity contribution in [1.29, 1.82) is 0 Å². The van der Waals surface area contributed by atoms with E-state index in [0.717, 1.165) is 0 Å². The van der Waals surface area contributed by atoms with Gasteiger partial charge in [-0.15, -0.1) is 11.3 Å². The summed E-state index contributed by atoms with van der Waals surface area (Å²) in [6.07, 6.45) is 2.81. The van der Waals surface area contributed by atoms with Gasteiger partial charge in [0.2, 0.25) is 6.79 Å². The second kappa shape index (κ2) is 7.48. The Morgan fingerprint density at radius 2 is 1.93 bits per heavy atom. The van der Waals surface area contributed by atoms with Gasteiger partial charge in [-0.1, -0.05) is 0 Å². The molecule has 1 N–H and O–H groups in total. The quantitative estimate of drug-likeness (QED) is 0.359. The Hall–Kier alpha value is -3.51. The van der Waals surface area contributed by atoms with Gasteiger partial charge < -0.3 is 9.47 Å². The highest BCUT2D eigenvalue weighted by Crippen LogP contribution is 2.37. The van der Waals surface area contributed by atoms with Crippen molar-refractivity contribution in [2.45, 2.75) is 4.90 Å². The van der Waals surface area contributed by atoms with Gasteiger partial charge in [0.15, 0.2) is 16.6 Å². The normalized spacial score (nSPS) is 13.0. The molecule has 10 nitrogen and oxygen atoms in total. The summed E-state index contributed by atoms with van der Waals surface area (Å²) in [7, 11) is -3.77. The van der Waals surface area contributed by atoms with Gasteiger partial charge in [-0.2, -0.15) is 0 Å². The molecule has 29 heavy (non-hydrogen) atoms. The minimum absolute atomic E-state index is 0.00194. The van der Waals surface area contributed by atoms with Crippen LogP contribution in [0.15, 0.2) is 57.9 Å². The van der Waals surface area contributed by atoms with E-state index in [2.05, 4.69) is 14.7 Å². The molecule has 1 aromatic heterocycles. The number of nitro benzene ring substituents is 1. The van der Waals surface area contributed by atoms with Gasteiger partial charge in [-0.25, -0.2) is 13.4 Å². The maximum absolute atomic E-state index is 12.3. The minimum atomic E-state index is -3.77. The van der Waals surface area contributed by atoms with Crippen LogP contribution in [-0.4, -0.2) is 31.3 Å². The Bertz CT molecular complexity index is 1190. The van der Waals surface area contributed by atoms with Gasteiger partial charge in [0.25, 0.3) is 15.7 Å². The summed E-state index contributed by atoms with van der Waals surface area (Å²) in [5.74, 6) is 0.697. The first-order valence-electron chi connectivity index (χ1n) is 8.07. The highest BCUT2D eigenvalue weighted by molar-refractivity contribution is 7.93. The third kappa shape index (κ3) is 4.02. The molecule has 0 unspecified atom stereocenters. The van der Waals surface area contributed by atoms with Crippen molar-refractivity contribution in [3.8, 4) is 11.5 Å². The Kier molecular flexibility index (Phi) is 4.86. The molecule has 4 rings (SSSR count). The van der Waals surface area contributed by atoms with Crippen LogP contribution in [0.2, 0.25) is 0 Å². The third-order valence-electron chi connectivity index (χ3n) is 3.87. The fourth-order valence-corrected chi connectivity index (χ4v) is 4.30. The number of fused-ring (bicyclic) bond motifs is 1. The van der Waals surface area contributed by atoms with Crippen LogP contribution in [0.5, 0.6) is 11.5 Å². The van der Waals surface area contributed by atoms with Gasteiger partial charge in [-0.3, -0.25) is 19.8 Å². The molecule has 0 saturated carbocycles. The summed E-state index contributed by atoms with van der Waals surface area (Å²) in [6.45, 7) is -0.00194. The largest absolute Gasteiger partial charge is 0.454 e. The van der Waals surface area contributed by atoms with Gasteiger partial charge >= 0.3 is 0 Å². The Morgan fingerprint density at radius 3 is 2.59 bits per heavy atom. The maximum atomic E-state index is 12.3. The molecule has 148 valence electrons. The number of aliphatic imine (C=N–C) groups is 1. The Balaban J connectivity index is 1.56. The van der Waals surface area contributed by atoms with Crippen LogP contribution >= 0.6 is 11.3 Å². The molecular formula is C17H12N4O6S2. The number of hydrogen-bond acceptors (Lipinski definition) is 9. The van der Waals surface area contributed by atoms with Crippen LogP contribution in [-0.2, 0) is 10.0 Å². The highest BCUT2D eigenvalue weighted by Gasteiger charge is 2.22. The second-order valence-electron chi connectivity index (χ2n) is 5.72. The van der Waals surface area contributed by atoms with E-state index in [0.29, 0.717) is 17.2 Å². The topological polar surface area (TPSA) is 133 Å². The van der Waals surface area contributed by atoms with Crippen molar-refractivity contribution < 1.29 is 22.8 Å². The lowest BCUT2D eigenvalue weighted by atomic mass is 10.1. The van der Waals surface area contributed by atoms with Crippen molar-refractivity contribution in [1.82, 2.24) is 4.98 Å². The highest BCUT2D eigenvalue weighted by atomic mass is 32.2. The zero-order valence-electron chi connectivity index (χ0n) is 14.5. The standard InChI is InChI=1S/C17H12N4O6S2/c22-21(23)14-8-16-15(26-10-27-16)7-11(14)9-19-12-1-3-13(4-2-12)29(24,25)20-17-18-5-6-28-17/h1-9H,10H2,(H,18,20). The van der Waals surface area contributed by atoms with Gasteiger partial charge in [0, 0.05) is 17.8 Å². The molecule has 1 aliphatic rings. The molecule has 12 heteroatoms. The smallest absolute Gasteiger partial charge is 0.282 e. The summed E-state index contributed by atoms with van der Waals surface area (Å²) in [5, 5.41) is 13.2. The zero-order chi connectivity index (χ0) is 20.4. The number of benzene rings is 2. The first-order valence-corrected chi connectivity index (χ1v) is 10.4. The molecule has 3 aromatic rings. The molecule has 0 aliphatic carbocycles. The van der Waals surface area contributed by atoms with Crippen molar-refractivity contribution in [2.75, 3.05) is 11.5 Å². The fraction of sp³-hybridized carbons (Fsp3) is 0.0588. The van der Waals surface area contributed by atoms with Crippen LogP contribution in [0.25, 0.3) is 0 Å². The summed E-state index contributed by atoms with van der Waals surface area (Å²) in [4.78, 5) is 18.9. The first kappa shape index (κ1) is 18.8. The molecule has 2 aromatic carbocycles. The van der Waals surface area contributed by atoms with Crippen molar-refractivity contribution in [2.24, 2.45) is 4.99 Å². The molecule has 1 aliphatic heterocycles. The molecule has 0 fully saturated rings. The number of ether oxygens (including phenoxy) is 2. The average Bonchev–Trinajstić information content (AvgIpc) is 3.36. The number of anilines is 1. The minimum Gasteiger partial charge on any atom is -0.454 e. The lowest BCUT2D eigenvalue weighted by molar-refractivity contribution is -0.385. The van der Waals surface area contributed by atoms with E-state index < -0.39 is 14.9 Å². The van der Waals surface area contributed by atoms with Crippen LogP contribution in [0.1, 0.15) is 5.56 Å². The Morgan fingerprint density at radius 1 is 1.21 bits per heavy atom. The number of nitro groups is 1. The van der Waals surface area contributed by atoms with Crippen LogP contribution in [0.3, 0.4) is 0 Å². The van der Waals surface area contributed by atoms with E-state index >= 15 is 0 Å². The van der Waals surface area contributed by atoms with Crippen LogP contribution in [0, 0.1) is 10.1 Å². The number of hydrogen-bond donors (Lipinski definition) is 1. The lowest BCUT2D eigenvalue weighted by Crippen LogP contribution is -2.12. The van der Waals surface area contributed by atoms with Crippen molar-refractivity contribution in [3.63, 3.8) is 0 Å². The molecule has 2 heterocycles. The van der Waals surface area contributed by atoms with Crippen LogP contribution in [0.4, 0.5) is 16.5 Å².